The van der Waals surface area contributed by atoms with Gasteiger partial charge in [0, 0.05) is 25.2 Å². The first-order valence-electron chi connectivity index (χ1n) is 8.36. The molecule has 0 saturated heterocycles. The second kappa shape index (κ2) is 8.48. The average molecular weight is 375 g/mol. The van der Waals surface area contributed by atoms with Crippen LogP contribution in [0.5, 0.6) is 0 Å². The van der Waals surface area contributed by atoms with Crippen molar-refractivity contribution >= 4 is 17.5 Å². The summed E-state index contributed by atoms with van der Waals surface area (Å²) in [5, 5.41) is 16.5. The van der Waals surface area contributed by atoms with Gasteiger partial charge in [-0.25, -0.2) is 9.18 Å². The number of nitro groups is 1. The molecule has 0 atom stereocenters. The lowest BCUT2D eigenvalue weighted by Crippen LogP contribution is -2.32. The average Bonchev–Trinajstić information content (AvgIpc) is 2.57. The van der Waals surface area contributed by atoms with Gasteiger partial charge in [-0.2, -0.15) is 0 Å². The maximum Gasteiger partial charge on any atom is 0.407 e. The molecule has 0 heterocycles. The molecule has 0 aromatic heterocycles. The highest BCUT2D eigenvalue weighted by atomic mass is 19.1. The van der Waals surface area contributed by atoms with Crippen LogP contribution in [0.25, 0.3) is 0 Å². The number of halogens is 1. The first-order valence-corrected chi connectivity index (χ1v) is 8.36. The quantitative estimate of drug-likeness (QED) is 0.578. The zero-order valence-corrected chi connectivity index (χ0v) is 15.4. The maximum atomic E-state index is 13.3. The molecule has 0 fully saturated rings. The molecule has 27 heavy (non-hydrogen) atoms. The third-order valence-corrected chi connectivity index (χ3v) is 3.50. The SMILES string of the molecule is CC(C)(C)OC(=O)NCc1ccc(CNc2cc(F)ccc2[N+](=O)[O-])cc1. The van der Waals surface area contributed by atoms with E-state index in [2.05, 4.69) is 10.6 Å². The normalized spacial score (nSPS) is 11.0. The Bertz CT molecular complexity index is 817. The largest absolute Gasteiger partial charge is 0.444 e. The first kappa shape index (κ1) is 20.2. The standard InChI is InChI=1S/C19H22FN3O4/c1-19(2,3)27-18(24)22-12-14-6-4-13(5-7-14)11-21-16-10-15(20)8-9-17(16)23(25)26/h4-10,21H,11-12H2,1-3H3,(H,22,24). The number of alkyl carbamates (subject to hydrolysis) is 1. The number of nitrogens with one attached hydrogen (secondary N) is 2. The fourth-order valence-corrected chi connectivity index (χ4v) is 2.27. The Labute approximate surface area is 156 Å². The van der Waals surface area contributed by atoms with Crippen molar-refractivity contribution in [3.63, 3.8) is 0 Å². The molecule has 7 nitrogen and oxygen atoms in total. The van der Waals surface area contributed by atoms with Gasteiger partial charge >= 0.3 is 6.09 Å². The smallest absolute Gasteiger partial charge is 0.407 e. The van der Waals surface area contributed by atoms with Gasteiger partial charge in [-0.1, -0.05) is 24.3 Å². The molecule has 2 rings (SSSR count). The molecule has 8 heteroatoms. The van der Waals surface area contributed by atoms with E-state index in [0.29, 0.717) is 13.1 Å². The van der Waals surface area contributed by atoms with Gasteiger partial charge < -0.3 is 15.4 Å². The van der Waals surface area contributed by atoms with E-state index in [-0.39, 0.29) is 11.4 Å². The molecule has 144 valence electrons. The lowest BCUT2D eigenvalue weighted by molar-refractivity contribution is -0.384. The Balaban J connectivity index is 1.92. The molecule has 1 amide bonds. The van der Waals surface area contributed by atoms with Crippen LogP contribution in [0.4, 0.5) is 20.6 Å². The number of anilines is 1. The van der Waals surface area contributed by atoms with Crippen LogP contribution in [0.15, 0.2) is 42.5 Å². The minimum absolute atomic E-state index is 0.121. The summed E-state index contributed by atoms with van der Waals surface area (Å²) in [6, 6.07) is 10.6. The molecule has 2 N–H and O–H groups in total. The van der Waals surface area contributed by atoms with Gasteiger partial charge in [0.2, 0.25) is 0 Å². The third-order valence-electron chi connectivity index (χ3n) is 3.50. The van der Waals surface area contributed by atoms with Crippen LogP contribution in [0.2, 0.25) is 0 Å². The summed E-state index contributed by atoms with van der Waals surface area (Å²) >= 11 is 0. The molecule has 2 aromatic rings. The Morgan fingerprint density at radius 2 is 1.70 bits per heavy atom. The number of ether oxygens (including phenoxy) is 1. The highest BCUT2D eigenvalue weighted by molar-refractivity contribution is 5.67. The number of hydrogen-bond acceptors (Lipinski definition) is 5. The molecule has 0 radical (unpaired) electrons. The summed E-state index contributed by atoms with van der Waals surface area (Å²) in [7, 11) is 0. The van der Waals surface area contributed by atoms with Gasteiger partial charge in [0.1, 0.15) is 17.1 Å². The van der Waals surface area contributed by atoms with E-state index in [9.17, 15) is 19.3 Å². The molecule has 0 saturated carbocycles. The predicted molar refractivity (Wildman–Crippen MR) is 99.9 cm³/mol. The second-order valence-corrected chi connectivity index (χ2v) is 6.94. The lowest BCUT2D eigenvalue weighted by atomic mass is 10.1. The van der Waals surface area contributed by atoms with Gasteiger partial charge in [-0.3, -0.25) is 10.1 Å². The summed E-state index contributed by atoms with van der Waals surface area (Å²) in [5.41, 5.74) is 1.11. The van der Waals surface area contributed by atoms with Crippen molar-refractivity contribution in [3.8, 4) is 0 Å². The van der Waals surface area contributed by atoms with Crippen molar-refractivity contribution in [3.05, 3.63) is 69.5 Å². The zero-order valence-electron chi connectivity index (χ0n) is 15.4. The second-order valence-electron chi connectivity index (χ2n) is 6.94. The molecule has 0 aliphatic rings. The fourth-order valence-electron chi connectivity index (χ4n) is 2.27. The Kier molecular flexibility index (Phi) is 6.33. The van der Waals surface area contributed by atoms with Crippen molar-refractivity contribution in [2.24, 2.45) is 0 Å². The first-order chi connectivity index (χ1) is 12.6. The van der Waals surface area contributed by atoms with E-state index < -0.39 is 22.4 Å². The van der Waals surface area contributed by atoms with Crippen LogP contribution in [-0.4, -0.2) is 16.6 Å². The maximum absolute atomic E-state index is 13.3. The number of rotatable bonds is 6. The van der Waals surface area contributed by atoms with E-state index in [1.54, 1.807) is 20.8 Å². The van der Waals surface area contributed by atoms with E-state index in [4.69, 9.17) is 4.74 Å². The molecular weight excluding hydrogens is 353 g/mol. The highest BCUT2D eigenvalue weighted by Crippen LogP contribution is 2.25. The summed E-state index contributed by atoms with van der Waals surface area (Å²) in [4.78, 5) is 22.1. The lowest BCUT2D eigenvalue weighted by Gasteiger charge is -2.19. The topological polar surface area (TPSA) is 93.5 Å². The van der Waals surface area contributed by atoms with Gasteiger partial charge in [0.25, 0.3) is 5.69 Å². The van der Waals surface area contributed by atoms with Gasteiger partial charge in [-0.15, -0.1) is 0 Å². The van der Waals surface area contributed by atoms with Gasteiger partial charge in [0.15, 0.2) is 0 Å². The van der Waals surface area contributed by atoms with Crippen LogP contribution in [0.3, 0.4) is 0 Å². The molecule has 2 aromatic carbocycles. The predicted octanol–water partition coefficient (Wildman–Crippen LogP) is 4.37. The van der Waals surface area contributed by atoms with Gasteiger partial charge in [-0.05, 0) is 38.0 Å². The number of carbonyl (C=O) groups is 1. The van der Waals surface area contributed by atoms with E-state index in [1.807, 2.05) is 24.3 Å². The van der Waals surface area contributed by atoms with E-state index in [0.717, 1.165) is 29.3 Å². The van der Waals surface area contributed by atoms with Crippen LogP contribution < -0.4 is 10.6 Å². The number of nitro benzene ring substituents is 1. The van der Waals surface area contributed by atoms with E-state index in [1.165, 1.54) is 0 Å². The minimum Gasteiger partial charge on any atom is -0.444 e. The third kappa shape index (κ3) is 6.58. The Morgan fingerprint density at radius 3 is 2.26 bits per heavy atom. The Morgan fingerprint density at radius 1 is 1.11 bits per heavy atom. The van der Waals surface area contributed by atoms with Crippen LogP contribution in [0, 0.1) is 15.9 Å². The Hall–Kier alpha value is -3.16. The molecule has 0 unspecified atom stereocenters. The van der Waals surface area contributed by atoms with Crippen molar-refractivity contribution in [1.82, 2.24) is 5.32 Å². The molecule has 0 aliphatic carbocycles. The minimum atomic E-state index is -0.562. The van der Waals surface area contributed by atoms with Crippen LogP contribution in [0.1, 0.15) is 31.9 Å². The highest BCUT2D eigenvalue weighted by Gasteiger charge is 2.16. The molecule has 0 aliphatic heterocycles. The number of carbonyl (C=O) groups excluding carboxylic acids is 1. The summed E-state index contributed by atoms with van der Waals surface area (Å²) < 4.78 is 18.5. The van der Waals surface area contributed by atoms with Crippen molar-refractivity contribution in [2.45, 2.75) is 39.5 Å². The number of benzene rings is 2. The van der Waals surface area contributed by atoms with Crippen molar-refractivity contribution < 1.29 is 18.8 Å². The molecular formula is C19H22FN3O4. The summed E-state index contributed by atoms with van der Waals surface area (Å²) in [6.45, 7) is 5.98. The summed E-state index contributed by atoms with van der Waals surface area (Å²) in [5.74, 6) is -0.549. The van der Waals surface area contributed by atoms with Gasteiger partial charge in [0.05, 0.1) is 4.92 Å². The van der Waals surface area contributed by atoms with E-state index >= 15 is 0 Å². The zero-order chi connectivity index (χ0) is 20.0. The molecule has 0 spiro atoms. The van der Waals surface area contributed by atoms with Crippen LogP contribution >= 0.6 is 0 Å². The number of amides is 1. The van der Waals surface area contributed by atoms with Crippen molar-refractivity contribution in [1.29, 1.82) is 0 Å². The summed E-state index contributed by atoms with van der Waals surface area (Å²) in [6.07, 6.45) is -0.494. The van der Waals surface area contributed by atoms with Crippen molar-refractivity contribution in [2.75, 3.05) is 5.32 Å². The monoisotopic (exact) mass is 375 g/mol. The number of hydrogen-bond donors (Lipinski definition) is 2. The van der Waals surface area contributed by atoms with Crippen LogP contribution in [-0.2, 0) is 17.8 Å². The molecule has 0 bridgehead atoms. The number of nitrogens with zero attached hydrogens (tertiary/aromatic N) is 1. The fraction of sp³-hybridized carbons (Fsp3) is 0.316.